The molecule has 0 radical (unpaired) electrons. The molecule has 0 atom stereocenters. The lowest BCUT2D eigenvalue weighted by Crippen LogP contribution is -1.96. The summed E-state index contributed by atoms with van der Waals surface area (Å²) in [6.45, 7) is 0. The largest absolute Gasteiger partial charge is 0.227 e. The van der Waals surface area contributed by atoms with Crippen molar-refractivity contribution in [3.8, 4) is 89.4 Å². The highest BCUT2D eigenvalue weighted by molar-refractivity contribution is 6.10. The van der Waals surface area contributed by atoms with E-state index in [-0.39, 0.29) is 0 Å². The van der Waals surface area contributed by atoms with Gasteiger partial charge in [0.05, 0.1) is 11.2 Å². The van der Waals surface area contributed by atoms with Gasteiger partial charge in [0.2, 0.25) is 0 Å². The summed E-state index contributed by atoms with van der Waals surface area (Å²) >= 11 is 0. The van der Waals surface area contributed by atoms with Crippen molar-refractivity contribution in [2.45, 2.75) is 0 Å². The second-order valence-electron chi connectivity index (χ2n) is 17.0. The molecule has 0 N–H and O–H groups in total. The van der Waals surface area contributed by atoms with Crippen LogP contribution in [0.3, 0.4) is 0 Å². The maximum Gasteiger partial charge on any atom is 0.160 e. The topological polar surface area (TPSA) is 25.8 Å². The zero-order valence-corrected chi connectivity index (χ0v) is 36.1. The Morgan fingerprint density at radius 2 is 0.606 bits per heavy atom. The first kappa shape index (κ1) is 38.9. The number of hydrogen-bond donors (Lipinski definition) is 0. The molecule has 0 bridgehead atoms. The van der Waals surface area contributed by atoms with Crippen molar-refractivity contribution in [3.05, 3.63) is 255 Å². The third-order valence-electron chi connectivity index (χ3n) is 12.9. The van der Waals surface area contributed by atoms with Gasteiger partial charge in [-0.1, -0.05) is 218 Å². The summed E-state index contributed by atoms with van der Waals surface area (Å²) in [5, 5.41) is 5.80. The summed E-state index contributed by atoms with van der Waals surface area (Å²) in [4.78, 5) is 10.7. The van der Waals surface area contributed by atoms with Crippen molar-refractivity contribution in [1.82, 2.24) is 9.97 Å². The Morgan fingerprint density at radius 1 is 0.212 bits per heavy atom. The Bertz CT molecular complexity index is 3750. The zero-order chi connectivity index (χ0) is 43.8. The van der Waals surface area contributed by atoms with Crippen LogP contribution in [0.25, 0.3) is 122 Å². The molecule has 0 aliphatic heterocycles. The Morgan fingerprint density at radius 3 is 1.21 bits per heavy atom. The van der Waals surface area contributed by atoms with Crippen molar-refractivity contribution in [2.75, 3.05) is 0 Å². The maximum atomic E-state index is 5.39. The highest BCUT2D eigenvalue weighted by Crippen LogP contribution is 2.38. The molecule has 0 unspecified atom stereocenters. The average molecular weight is 839 g/mol. The van der Waals surface area contributed by atoms with Crippen LogP contribution in [0.4, 0.5) is 0 Å². The first-order valence-corrected chi connectivity index (χ1v) is 22.5. The van der Waals surface area contributed by atoms with E-state index in [0.717, 1.165) is 60.8 Å². The van der Waals surface area contributed by atoms with Gasteiger partial charge in [0.1, 0.15) is 0 Å². The van der Waals surface area contributed by atoms with Gasteiger partial charge in [-0.3, -0.25) is 0 Å². The van der Waals surface area contributed by atoms with Gasteiger partial charge in [0.15, 0.2) is 5.82 Å². The molecule has 1 aromatic heterocycles. The lowest BCUT2D eigenvalue weighted by Gasteiger charge is -2.13. The van der Waals surface area contributed by atoms with Crippen molar-refractivity contribution in [1.29, 1.82) is 0 Å². The fourth-order valence-electron chi connectivity index (χ4n) is 9.48. The molecule has 0 spiro atoms. The number of rotatable bonds is 8. The van der Waals surface area contributed by atoms with Crippen LogP contribution in [0, 0.1) is 0 Å². The molecule has 0 fully saturated rings. The SMILES string of the molecule is c1ccc(-c2cccc(-c3cccc(-c4ccc(-c5nc(-c6cccc(-c7cccc(-c8cccc(-c9cccc%10ccccc9%10)c8)c7)c6)c6ccc7ccccc7c6n5)cc4)c3)c2)cc1. The van der Waals surface area contributed by atoms with Crippen molar-refractivity contribution in [3.63, 3.8) is 0 Å². The number of hydrogen-bond acceptors (Lipinski definition) is 2. The van der Waals surface area contributed by atoms with Crippen LogP contribution in [0.15, 0.2) is 255 Å². The van der Waals surface area contributed by atoms with E-state index in [2.05, 4.69) is 255 Å². The predicted octanol–water partition coefficient (Wildman–Crippen LogP) is 17.3. The highest BCUT2D eigenvalue weighted by atomic mass is 14.9. The van der Waals surface area contributed by atoms with Gasteiger partial charge in [-0.25, -0.2) is 9.97 Å². The molecular weight excluding hydrogens is 797 g/mol. The van der Waals surface area contributed by atoms with Crippen LogP contribution in [-0.4, -0.2) is 9.97 Å². The van der Waals surface area contributed by atoms with Crippen LogP contribution >= 0.6 is 0 Å². The van der Waals surface area contributed by atoms with Crippen LogP contribution in [0.1, 0.15) is 0 Å². The monoisotopic (exact) mass is 838 g/mol. The summed E-state index contributed by atoms with van der Waals surface area (Å²) in [5.74, 6) is 0.699. The fraction of sp³-hybridized carbons (Fsp3) is 0. The molecule has 0 amide bonds. The molecule has 308 valence electrons. The quantitative estimate of drug-likeness (QED) is 0.143. The van der Waals surface area contributed by atoms with E-state index in [1.165, 1.54) is 55.3 Å². The first-order chi connectivity index (χ1) is 32.7. The van der Waals surface area contributed by atoms with E-state index in [0.29, 0.717) is 5.82 Å². The third-order valence-corrected chi connectivity index (χ3v) is 12.9. The Labute approximate surface area is 384 Å². The van der Waals surface area contributed by atoms with Gasteiger partial charge < -0.3 is 0 Å². The van der Waals surface area contributed by atoms with Crippen LogP contribution in [0.2, 0.25) is 0 Å². The maximum absolute atomic E-state index is 5.39. The minimum Gasteiger partial charge on any atom is -0.227 e. The van der Waals surface area contributed by atoms with E-state index in [4.69, 9.17) is 9.97 Å². The van der Waals surface area contributed by atoms with E-state index in [9.17, 15) is 0 Å². The number of fused-ring (bicyclic) bond motifs is 4. The third kappa shape index (κ3) is 7.41. The molecule has 0 aliphatic carbocycles. The van der Waals surface area contributed by atoms with Gasteiger partial charge in [-0.05, 0) is 119 Å². The molecule has 2 heteroatoms. The molecule has 11 aromatic carbocycles. The standard InChI is InChI=1S/C64H42N2/c1-2-14-43(15-3-1)48-19-8-21-50(38-48)51-22-9-20-49(39-51)44-32-34-47(35-33-44)64-65-62(61-37-36-46-17-5-7-30-60(46)63(61)66-64)57-28-12-26-55(42-57)53-24-10-23-52(40-53)54-25-11-27-56(41-54)59-31-13-18-45-16-4-6-29-58(45)59/h1-42H. The second-order valence-corrected chi connectivity index (χ2v) is 17.0. The number of benzene rings is 11. The van der Waals surface area contributed by atoms with Gasteiger partial charge in [-0.15, -0.1) is 0 Å². The molecule has 1 heterocycles. The van der Waals surface area contributed by atoms with Crippen LogP contribution in [-0.2, 0) is 0 Å². The molecule has 66 heavy (non-hydrogen) atoms. The smallest absolute Gasteiger partial charge is 0.160 e. The minimum atomic E-state index is 0.699. The summed E-state index contributed by atoms with van der Waals surface area (Å²) in [5.41, 5.74) is 18.1. The molecule has 12 aromatic rings. The summed E-state index contributed by atoms with van der Waals surface area (Å²) in [6, 6.07) is 91.4. The van der Waals surface area contributed by atoms with Gasteiger partial charge in [0, 0.05) is 21.9 Å². The van der Waals surface area contributed by atoms with Crippen molar-refractivity contribution in [2.24, 2.45) is 0 Å². The Balaban J connectivity index is 0.896. The van der Waals surface area contributed by atoms with E-state index < -0.39 is 0 Å². The molecule has 0 aliphatic rings. The summed E-state index contributed by atoms with van der Waals surface area (Å²) in [6.07, 6.45) is 0. The summed E-state index contributed by atoms with van der Waals surface area (Å²) < 4.78 is 0. The van der Waals surface area contributed by atoms with Crippen molar-refractivity contribution >= 4 is 32.4 Å². The predicted molar refractivity (Wildman–Crippen MR) is 278 cm³/mol. The second kappa shape index (κ2) is 16.8. The lowest BCUT2D eigenvalue weighted by atomic mass is 9.93. The average Bonchev–Trinajstić information content (AvgIpc) is 3.41. The van der Waals surface area contributed by atoms with E-state index >= 15 is 0 Å². The van der Waals surface area contributed by atoms with E-state index in [1.54, 1.807) is 0 Å². The molecule has 2 nitrogen and oxygen atoms in total. The number of aromatic nitrogens is 2. The molecule has 0 saturated heterocycles. The van der Waals surface area contributed by atoms with Gasteiger partial charge in [-0.2, -0.15) is 0 Å². The highest BCUT2D eigenvalue weighted by Gasteiger charge is 2.16. The normalized spacial score (nSPS) is 11.3. The van der Waals surface area contributed by atoms with Gasteiger partial charge in [0.25, 0.3) is 0 Å². The molecular formula is C64H42N2. The Hall–Kier alpha value is -8.72. The minimum absolute atomic E-state index is 0.699. The lowest BCUT2D eigenvalue weighted by molar-refractivity contribution is 1.23. The van der Waals surface area contributed by atoms with Crippen LogP contribution < -0.4 is 0 Å². The first-order valence-electron chi connectivity index (χ1n) is 22.5. The fourth-order valence-corrected chi connectivity index (χ4v) is 9.48. The van der Waals surface area contributed by atoms with E-state index in [1.807, 2.05) is 0 Å². The molecule has 12 rings (SSSR count). The number of nitrogens with zero attached hydrogens (tertiary/aromatic N) is 2. The molecule has 0 saturated carbocycles. The van der Waals surface area contributed by atoms with Crippen molar-refractivity contribution < 1.29 is 0 Å². The van der Waals surface area contributed by atoms with Gasteiger partial charge >= 0.3 is 0 Å². The zero-order valence-electron chi connectivity index (χ0n) is 36.1. The Kier molecular flexibility index (Phi) is 9.89. The van der Waals surface area contributed by atoms with Crippen LogP contribution in [0.5, 0.6) is 0 Å². The summed E-state index contributed by atoms with van der Waals surface area (Å²) in [7, 11) is 0.